The quantitative estimate of drug-likeness (QED) is 0.726. The lowest BCUT2D eigenvalue weighted by Gasteiger charge is -2.21. The predicted octanol–water partition coefficient (Wildman–Crippen LogP) is 1.24. The van der Waals surface area contributed by atoms with Crippen LogP contribution < -0.4 is 10.1 Å². The molecule has 25 heavy (non-hydrogen) atoms. The number of hydrogen-bond acceptors (Lipinski definition) is 6. The monoisotopic (exact) mass is 369 g/mol. The molecule has 0 bridgehead atoms. The number of benzene rings is 1. The van der Waals surface area contributed by atoms with Crippen LogP contribution in [0.4, 0.5) is 0 Å². The molecule has 2 unspecified atom stereocenters. The first-order valence-electron chi connectivity index (χ1n) is 8.15. The zero-order chi connectivity index (χ0) is 18.4. The van der Waals surface area contributed by atoms with Crippen LogP contribution in [0, 0.1) is 5.92 Å². The molecule has 2 atom stereocenters. The molecule has 1 aliphatic rings. The number of ether oxygens (including phenoxy) is 2. The highest BCUT2D eigenvalue weighted by Gasteiger charge is 2.34. The molecule has 0 spiro atoms. The lowest BCUT2D eigenvalue weighted by atomic mass is 10.0. The molecular formula is C17H23NO6S. The lowest BCUT2D eigenvalue weighted by Crippen LogP contribution is -2.35. The summed E-state index contributed by atoms with van der Waals surface area (Å²) in [6.07, 6.45) is 0.268. The highest BCUT2D eigenvalue weighted by molar-refractivity contribution is 7.91. The first-order chi connectivity index (χ1) is 11.8. The van der Waals surface area contributed by atoms with E-state index >= 15 is 0 Å². The Morgan fingerprint density at radius 1 is 1.36 bits per heavy atom. The van der Waals surface area contributed by atoms with Gasteiger partial charge in [-0.05, 0) is 31.0 Å². The Bertz CT molecular complexity index is 730. The van der Waals surface area contributed by atoms with Crippen molar-refractivity contribution in [3.05, 3.63) is 29.8 Å². The maximum absolute atomic E-state index is 12.5. The number of carbonyl (C=O) groups excluding carboxylic acids is 2. The number of rotatable bonds is 7. The van der Waals surface area contributed by atoms with Gasteiger partial charge in [-0.3, -0.25) is 9.59 Å². The van der Waals surface area contributed by atoms with Gasteiger partial charge in [0.25, 0.3) is 0 Å². The average molecular weight is 369 g/mol. The predicted molar refractivity (Wildman–Crippen MR) is 91.9 cm³/mol. The first-order valence-corrected chi connectivity index (χ1v) is 9.97. The van der Waals surface area contributed by atoms with Crippen LogP contribution in [-0.4, -0.2) is 45.5 Å². The van der Waals surface area contributed by atoms with Gasteiger partial charge in [0, 0.05) is 0 Å². The van der Waals surface area contributed by atoms with E-state index in [0.29, 0.717) is 17.7 Å². The van der Waals surface area contributed by atoms with Gasteiger partial charge in [-0.15, -0.1) is 0 Å². The number of carbonyl (C=O) groups is 2. The van der Waals surface area contributed by atoms with Crippen molar-refractivity contribution in [3.63, 3.8) is 0 Å². The Kier molecular flexibility index (Phi) is 6.41. The summed E-state index contributed by atoms with van der Waals surface area (Å²) in [6, 6.07) is 6.42. The van der Waals surface area contributed by atoms with Crippen molar-refractivity contribution < 1.29 is 27.5 Å². The Morgan fingerprint density at radius 2 is 2.12 bits per heavy atom. The van der Waals surface area contributed by atoms with Crippen molar-refractivity contribution in [1.82, 2.24) is 5.32 Å². The van der Waals surface area contributed by atoms with E-state index in [9.17, 15) is 18.0 Å². The van der Waals surface area contributed by atoms with E-state index in [1.165, 1.54) is 7.11 Å². The second-order valence-electron chi connectivity index (χ2n) is 5.95. The van der Waals surface area contributed by atoms with Crippen LogP contribution in [0.3, 0.4) is 0 Å². The van der Waals surface area contributed by atoms with Crippen molar-refractivity contribution in [2.24, 2.45) is 5.92 Å². The summed E-state index contributed by atoms with van der Waals surface area (Å²) in [4.78, 5) is 24.3. The zero-order valence-electron chi connectivity index (χ0n) is 14.4. The van der Waals surface area contributed by atoms with E-state index < -0.39 is 27.8 Å². The van der Waals surface area contributed by atoms with Crippen LogP contribution >= 0.6 is 0 Å². The maximum Gasteiger partial charge on any atom is 0.308 e. The number of sulfone groups is 1. The van der Waals surface area contributed by atoms with Crippen LogP contribution in [0.2, 0.25) is 0 Å². The fourth-order valence-corrected chi connectivity index (χ4v) is 4.53. The highest BCUT2D eigenvalue weighted by atomic mass is 32.2. The van der Waals surface area contributed by atoms with Crippen LogP contribution in [0.1, 0.15) is 31.4 Å². The van der Waals surface area contributed by atoms with Gasteiger partial charge < -0.3 is 14.8 Å². The second-order valence-corrected chi connectivity index (χ2v) is 8.18. The molecule has 0 aromatic heterocycles. The van der Waals surface area contributed by atoms with Gasteiger partial charge in [0.05, 0.1) is 43.6 Å². The van der Waals surface area contributed by atoms with Crippen molar-refractivity contribution in [1.29, 1.82) is 0 Å². The van der Waals surface area contributed by atoms with Gasteiger partial charge in [0.15, 0.2) is 9.84 Å². The highest BCUT2D eigenvalue weighted by Crippen LogP contribution is 2.25. The van der Waals surface area contributed by atoms with Gasteiger partial charge >= 0.3 is 5.97 Å². The normalized spacial score (nSPS) is 19.8. The van der Waals surface area contributed by atoms with Crippen molar-refractivity contribution >= 4 is 21.7 Å². The Balaban J connectivity index is 2.16. The summed E-state index contributed by atoms with van der Waals surface area (Å²) in [6.45, 7) is 1.96. The molecule has 1 aliphatic heterocycles. The largest absolute Gasteiger partial charge is 0.497 e. The van der Waals surface area contributed by atoms with E-state index in [2.05, 4.69) is 5.32 Å². The number of amides is 1. The third-order valence-electron chi connectivity index (χ3n) is 4.09. The Morgan fingerprint density at radius 3 is 2.72 bits per heavy atom. The molecule has 0 saturated carbocycles. The number of nitrogens with one attached hydrogen (secondary N) is 1. The van der Waals surface area contributed by atoms with Gasteiger partial charge in [-0.2, -0.15) is 0 Å². The molecule has 8 heteroatoms. The molecular weight excluding hydrogens is 346 g/mol. The molecule has 1 aromatic rings. The van der Waals surface area contributed by atoms with Gasteiger partial charge in [-0.25, -0.2) is 8.42 Å². The van der Waals surface area contributed by atoms with Gasteiger partial charge in [-0.1, -0.05) is 12.1 Å². The van der Waals surface area contributed by atoms with E-state index in [-0.39, 0.29) is 30.4 Å². The molecule has 138 valence electrons. The molecule has 2 rings (SSSR count). The van der Waals surface area contributed by atoms with Crippen LogP contribution in [0.25, 0.3) is 0 Å². The lowest BCUT2D eigenvalue weighted by molar-refractivity contribution is -0.143. The molecule has 0 radical (unpaired) electrons. The minimum absolute atomic E-state index is 0.0206. The third-order valence-corrected chi connectivity index (χ3v) is 5.86. The minimum Gasteiger partial charge on any atom is -0.497 e. The summed E-state index contributed by atoms with van der Waals surface area (Å²) >= 11 is 0. The first kappa shape index (κ1) is 19.2. The summed E-state index contributed by atoms with van der Waals surface area (Å²) < 4.78 is 33.3. The Hall–Kier alpha value is -2.09. The summed E-state index contributed by atoms with van der Waals surface area (Å²) in [5, 5.41) is 2.79. The molecule has 1 N–H and O–H groups in total. The third kappa shape index (κ3) is 5.45. The topological polar surface area (TPSA) is 98.8 Å². The van der Waals surface area contributed by atoms with Crippen LogP contribution in [0.15, 0.2) is 24.3 Å². The average Bonchev–Trinajstić information content (AvgIpc) is 2.94. The SMILES string of the molecule is CCOC(=O)CC(NC(=O)C1CCS(=O)(=O)C1)c1cccc(OC)c1. The number of methoxy groups -OCH3 is 1. The molecule has 1 fully saturated rings. The number of esters is 1. The molecule has 1 amide bonds. The summed E-state index contributed by atoms with van der Waals surface area (Å²) in [7, 11) is -1.63. The maximum atomic E-state index is 12.5. The minimum atomic E-state index is -3.16. The summed E-state index contributed by atoms with van der Waals surface area (Å²) in [5.41, 5.74) is 0.696. The van der Waals surface area contributed by atoms with E-state index in [1.54, 1.807) is 31.2 Å². The van der Waals surface area contributed by atoms with Gasteiger partial charge in [0.1, 0.15) is 5.75 Å². The fourth-order valence-electron chi connectivity index (χ4n) is 2.79. The van der Waals surface area contributed by atoms with E-state index in [0.717, 1.165) is 0 Å². The smallest absolute Gasteiger partial charge is 0.308 e. The number of hydrogen-bond donors (Lipinski definition) is 1. The van der Waals surface area contributed by atoms with Gasteiger partial charge in [0.2, 0.25) is 5.91 Å². The standard InChI is InChI=1S/C17H23NO6S/c1-3-24-16(19)10-15(12-5-4-6-14(9-12)23-2)18-17(20)13-7-8-25(21,22)11-13/h4-6,9,13,15H,3,7-8,10-11H2,1-2H3,(H,18,20). The molecule has 7 nitrogen and oxygen atoms in total. The molecule has 0 aliphatic carbocycles. The zero-order valence-corrected chi connectivity index (χ0v) is 15.2. The second kappa shape index (κ2) is 8.33. The van der Waals surface area contributed by atoms with Crippen molar-refractivity contribution in [2.45, 2.75) is 25.8 Å². The van der Waals surface area contributed by atoms with E-state index in [1.807, 2.05) is 0 Å². The molecule has 1 heterocycles. The fraction of sp³-hybridized carbons (Fsp3) is 0.529. The van der Waals surface area contributed by atoms with E-state index in [4.69, 9.17) is 9.47 Å². The van der Waals surface area contributed by atoms with Crippen molar-refractivity contribution in [3.8, 4) is 5.75 Å². The van der Waals surface area contributed by atoms with Crippen LogP contribution in [0.5, 0.6) is 5.75 Å². The molecule has 1 aromatic carbocycles. The van der Waals surface area contributed by atoms with Crippen LogP contribution in [-0.2, 0) is 24.2 Å². The van der Waals surface area contributed by atoms with Crippen molar-refractivity contribution in [2.75, 3.05) is 25.2 Å². The molecule has 1 saturated heterocycles. The summed E-state index contributed by atoms with van der Waals surface area (Å²) in [5.74, 6) is -0.909. The Labute approximate surface area is 147 Å².